The summed E-state index contributed by atoms with van der Waals surface area (Å²) in [4.78, 5) is 7.13. The molecule has 1 aliphatic carbocycles. The largest absolute Gasteiger partial charge is 0.379 e. The summed E-state index contributed by atoms with van der Waals surface area (Å²) in [5.74, 6) is 4.36. The Hall–Kier alpha value is -0.460. The second-order valence-electron chi connectivity index (χ2n) is 7.65. The van der Waals surface area contributed by atoms with E-state index in [9.17, 15) is 0 Å². The molecule has 1 saturated carbocycles. The van der Waals surface area contributed by atoms with Gasteiger partial charge in [-0.2, -0.15) is 11.8 Å². The van der Waals surface area contributed by atoms with Gasteiger partial charge in [0.25, 0.3) is 0 Å². The minimum absolute atomic E-state index is 0.271. The minimum Gasteiger partial charge on any atom is -0.379 e. The lowest BCUT2D eigenvalue weighted by Crippen LogP contribution is -2.60. The average molecular weight is 355 g/mol. The Kier molecular flexibility index (Phi) is 6.70. The van der Waals surface area contributed by atoms with Gasteiger partial charge in [-0.15, -0.1) is 0 Å². The summed E-state index contributed by atoms with van der Waals surface area (Å²) in [5, 5.41) is 7.31. The Labute approximate surface area is 151 Å². The molecule has 1 atom stereocenters. The number of nitrogens with one attached hydrogen (secondary N) is 2. The maximum Gasteiger partial charge on any atom is 0.191 e. The van der Waals surface area contributed by atoms with Crippen LogP contribution >= 0.6 is 11.8 Å². The van der Waals surface area contributed by atoms with Crippen LogP contribution in [0.2, 0.25) is 0 Å². The molecule has 0 radical (unpaired) electrons. The van der Waals surface area contributed by atoms with Crippen LogP contribution < -0.4 is 10.6 Å². The third kappa shape index (κ3) is 4.58. The molecule has 0 bridgehead atoms. The van der Waals surface area contributed by atoms with Crippen molar-refractivity contribution in [1.29, 1.82) is 0 Å². The summed E-state index contributed by atoms with van der Waals surface area (Å²) >= 11 is 2.09. The number of guanidine groups is 1. The number of hydrogen-bond donors (Lipinski definition) is 2. The molecule has 0 aromatic carbocycles. The zero-order valence-electron chi connectivity index (χ0n) is 15.4. The molecular formula is C18H34N4OS. The van der Waals surface area contributed by atoms with E-state index in [1.165, 1.54) is 43.6 Å². The summed E-state index contributed by atoms with van der Waals surface area (Å²) < 4.78 is 5.56. The normalized spacial score (nSPS) is 35.8. The number of ether oxygens (including phenoxy) is 1. The van der Waals surface area contributed by atoms with Crippen LogP contribution in [0.1, 0.15) is 39.0 Å². The Balaban J connectivity index is 1.53. The molecule has 1 unspecified atom stereocenters. The monoisotopic (exact) mass is 354 g/mol. The van der Waals surface area contributed by atoms with Gasteiger partial charge in [-0.05, 0) is 43.8 Å². The first-order valence-corrected chi connectivity index (χ1v) is 10.7. The van der Waals surface area contributed by atoms with E-state index >= 15 is 0 Å². The Morgan fingerprint density at radius 1 is 1.25 bits per heavy atom. The van der Waals surface area contributed by atoms with Gasteiger partial charge in [0.05, 0.1) is 13.2 Å². The number of thioether (sulfide) groups is 1. The summed E-state index contributed by atoms with van der Waals surface area (Å²) in [6.07, 6.45) is 6.48. The fourth-order valence-electron chi connectivity index (χ4n) is 4.18. The van der Waals surface area contributed by atoms with Crippen molar-refractivity contribution in [2.75, 3.05) is 51.4 Å². The van der Waals surface area contributed by atoms with Gasteiger partial charge in [0.15, 0.2) is 5.96 Å². The lowest BCUT2D eigenvalue weighted by atomic mass is 9.87. The predicted molar refractivity (Wildman–Crippen MR) is 103 cm³/mol. The van der Waals surface area contributed by atoms with Crippen LogP contribution in [-0.4, -0.2) is 73.8 Å². The van der Waals surface area contributed by atoms with Gasteiger partial charge >= 0.3 is 0 Å². The first-order valence-electron chi connectivity index (χ1n) is 9.59. The smallest absolute Gasteiger partial charge is 0.191 e. The molecular weight excluding hydrogens is 320 g/mol. The van der Waals surface area contributed by atoms with Crippen molar-refractivity contribution in [2.24, 2.45) is 10.9 Å². The molecule has 0 aromatic heterocycles. The van der Waals surface area contributed by atoms with Crippen molar-refractivity contribution in [3.63, 3.8) is 0 Å². The van der Waals surface area contributed by atoms with E-state index < -0.39 is 0 Å². The average Bonchev–Trinajstić information content (AvgIpc) is 3.11. The van der Waals surface area contributed by atoms with Gasteiger partial charge in [-0.25, -0.2) is 0 Å². The molecule has 0 spiro atoms. The molecule has 2 heterocycles. The van der Waals surface area contributed by atoms with Gasteiger partial charge in [0.1, 0.15) is 0 Å². The van der Waals surface area contributed by atoms with Gasteiger partial charge in [-0.1, -0.05) is 6.92 Å². The van der Waals surface area contributed by atoms with Crippen molar-refractivity contribution in [3.05, 3.63) is 0 Å². The topological polar surface area (TPSA) is 48.9 Å². The third-order valence-corrected chi connectivity index (χ3v) is 7.16. The molecule has 2 aliphatic heterocycles. The van der Waals surface area contributed by atoms with Gasteiger partial charge in [-0.3, -0.25) is 9.89 Å². The SMILES string of the molecule is CN=C(NCC1(N2CCOCC2)CCSC1)NC1CCC(C)CC1. The standard InChI is InChI=1S/C18H34N4OS/c1-15-3-5-16(6-4-15)21-17(19-2)20-13-18(7-12-24-14-18)22-8-10-23-11-9-22/h15-16H,3-14H2,1-2H3,(H2,19,20,21). The number of morpholine rings is 1. The van der Waals surface area contributed by atoms with E-state index in [2.05, 4.69) is 39.2 Å². The van der Waals surface area contributed by atoms with Crippen LogP contribution in [0, 0.1) is 5.92 Å². The number of nitrogens with zero attached hydrogens (tertiary/aromatic N) is 2. The summed E-state index contributed by atoms with van der Waals surface area (Å²) in [5.41, 5.74) is 0.271. The van der Waals surface area contributed by atoms with Crippen molar-refractivity contribution < 1.29 is 4.74 Å². The second kappa shape index (κ2) is 8.77. The number of aliphatic imine (C=N–C) groups is 1. The van der Waals surface area contributed by atoms with Crippen LogP contribution in [0.5, 0.6) is 0 Å². The molecule has 3 fully saturated rings. The maximum atomic E-state index is 5.56. The summed E-state index contributed by atoms with van der Waals surface area (Å²) in [6.45, 7) is 7.23. The predicted octanol–water partition coefficient (Wildman–Crippen LogP) is 1.94. The van der Waals surface area contributed by atoms with Crippen LogP contribution in [0.3, 0.4) is 0 Å². The molecule has 5 nitrogen and oxygen atoms in total. The fourth-order valence-corrected chi connectivity index (χ4v) is 5.65. The van der Waals surface area contributed by atoms with Gasteiger partial charge < -0.3 is 15.4 Å². The van der Waals surface area contributed by atoms with E-state index in [0.717, 1.165) is 44.7 Å². The highest BCUT2D eigenvalue weighted by Crippen LogP contribution is 2.33. The highest BCUT2D eigenvalue weighted by atomic mass is 32.2. The fraction of sp³-hybridized carbons (Fsp3) is 0.944. The first-order chi connectivity index (χ1) is 11.7. The lowest BCUT2D eigenvalue weighted by Gasteiger charge is -2.43. The molecule has 6 heteroatoms. The van der Waals surface area contributed by atoms with E-state index in [-0.39, 0.29) is 5.54 Å². The molecule has 2 N–H and O–H groups in total. The van der Waals surface area contributed by atoms with Crippen molar-refractivity contribution >= 4 is 17.7 Å². The van der Waals surface area contributed by atoms with E-state index in [1.807, 2.05) is 7.05 Å². The van der Waals surface area contributed by atoms with Crippen LogP contribution in [-0.2, 0) is 4.74 Å². The van der Waals surface area contributed by atoms with Crippen LogP contribution in [0.15, 0.2) is 4.99 Å². The lowest BCUT2D eigenvalue weighted by molar-refractivity contribution is -0.0120. The van der Waals surface area contributed by atoms with Gasteiger partial charge in [0.2, 0.25) is 0 Å². The van der Waals surface area contributed by atoms with Crippen molar-refractivity contribution in [2.45, 2.75) is 50.6 Å². The molecule has 2 saturated heterocycles. The molecule has 0 amide bonds. The minimum atomic E-state index is 0.271. The Bertz CT molecular complexity index is 411. The molecule has 3 aliphatic rings. The van der Waals surface area contributed by atoms with Crippen LogP contribution in [0.4, 0.5) is 0 Å². The quantitative estimate of drug-likeness (QED) is 0.597. The zero-order valence-corrected chi connectivity index (χ0v) is 16.2. The van der Waals surface area contributed by atoms with Crippen molar-refractivity contribution in [3.8, 4) is 0 Å². The number of rotatable bonds is 4. The van der Waals surface area contributed by atoms with Crippen LogP contribution in [0.25, 0.3) is 0 Å². The first kappa shape index (κ1) is 18.3. The Morgan fingerprint density at radius 2 is 2.00 bits per heavy atom. The summed E-state index contributed by atoms with van der Waals surface area (Å²) in [7, 11) is 1.89. The van der Waals surface area contributed by atoms with Crippen molar-refractivity contribution in [1.82, 2.24) is 15.5 Å². The van der Waals surface area contributed by atoms with Gasteiger partial charge in [0, 0.05) is 44.0 Å². The van der Waals surface area contributed by atoms with E-state index in [4.69, 9.17) is 4.74 Å². The summed E-state index contributed by atoms with van der Waals surface area (Å²) in [6, 6.07) is 0.588. The zero-order chi connectivity index (χ0) is 16.8. The second-order valence-corrected chi connectivity index (χ2v) is 8.76. The number of hydrogen-bond acceptors (Lipinski definition) is 4. The third-order valence-electron chi connectivity index (χ3n) is 5.93. The highest BCUT2D eigenvalue weighted by molar-refractivity contribution is 7.99. The molecule has 24 heavy (non-hydrogen) atoms. The molecule has 138 valence electrons. The highest BCUT2D eigenvalue weighted by Gasteiger charge is 2.40. The van der Waals surface area contributed by atoms with E-state index in [0.29, 0.717) is 6.04 Å². The molecule has 0 aromatic rings. The maximum absolute atomic E-state index is 5.56. The van der Waals surface area contributed by atoms with E-state index in [1.54, 1.807) is 0 Å². The Morgan fingerprint density at radius 3 is 2.62 bits per heavy atom. The molecule has 3 rings (SSSR count).